The number of para-hydroxylation sites is 1. The van der Waals surface area contributed by atoms with Crippen LogP contribution in [0, 0.1) is 6.92 Å². The van der Waals surface area contributed by atoms with E-state index >= 15 is 0 Å². The number of amides is 1. The summed E-state index contributed by atoms with van der Waals surface area (Å²) in [5.41, 5.74) is 3.53. The molecule has 0 saturated carbocycles. The maximum atomic E-state index is 13.0. The van der Waals surface area contributed by atoms with E-state index in [0.717, 1.165) is 44.2 Å². The Balaban J connectivity index is 1.55. The molecule has 1 fully saturated rings. The molecule has 156 valence electrons. The summed E-state index contributed by atoms with van der Waals surface area (Å²) >= 11 is 0. The second-order valence-corrected chi connectivity index (χ2v) is 8.36. The van der Waals surface area contributed by atoms with Gasteiger partial charge in [-0.2, -0.15) is 0 Å². The lowest BCUT2D eigenvalue weighted by Crippen LogP contribution is -3.28. The zero-order valence-electron chi connectivity index (χ0n) is 18.2. The van der Waals surface area contributed by atoms with Crippen LogP contribution in [-0.2, 0) is 11.3 Å². The molecule has 0 radical (unpaired) electrons. The van der Waals surface area contributed by atoms with Crippen molar-refractivity contribution in [3.63, 3.8) is 0 Å². The van der Waals surface area contributed by atoms with Crippen LogP contribution in [-0.4, -0.2) is 51.8 Å². The molecular formula is C24H35N3O2+2. The van der Waals surface area contributed by atoms with E-state index in [1.54, 1.807) is 12.0 Å². The summed E-state index contributed by atoms with van der Waals surface area (Å²) in [5.74, 6) is 1.19. The molecule has 1 amide bonds. The van der Waals surface area contributed by atoms with Crippen LogP contribution in [0.15, 0.2) is 48.5 Å². The first-order valence-corrected chi connectivity index (χ1v) is 10.7. The lowest BCUT2D eigenvalue weighted by molar-refractivity contribution is -1.02. The van der Waals surface area contributed by atoms with Crippen LogP contribution in [0.25, 0.3) is 0 Å². The zero-order valence-corrected chi connectivity index (χ0v) is 18.2. The van der Waals surface area contributed by atoms with Crippen LogP contribution < -0.4 is 19.4 Å². The Hall–Kier alpha value is -2.37. The van der Waals surface area contributed by atoms with Crippen molar-refractivity contribution in [2.24, 2.45) is 0 Å². The summed E-state index contributed by atoms with van der Waals surface area (Å²) in [6, 6.07) is 16.6. The average Bonchev–Trinajstić information content (AvgIpc) is 2.70. The van der Waals surface area contributed by atoms with Gasteiger partial charge in [0.2, 0.25) is 0 Å². The lowest BCUT2D eigenvalue weighted by atomic mass is 10.1. The van der Waals surface area contributed by atoms with Gasteiger partial charge < -0.3 is 19.4 Å². The van der Waals surface area contributed by atoms with Gasteiger partial charge in [0.1, 0.15) is 38.5 Å². The van der Waals surface area contributed by atoms with Crippen molar-refractivity contribution in [1.29, 1.82) is 0 Å². The third kappa shape index (κ3) is 5.58. The quantitative estimate of drug-likeness (QED) is 0.723. The number of nitrogens with zero attached hydrogens (tertiary/aromatic N) is 1. The number of hydrogen-bond acceptors (Lipinski definition) is 2. The van der Waals surface area contributed by atoms with Crippen molar-refractivity contribution < 1.29 is 19.3 Å². The van der Waals surface area contributed by atoms with E-state index in [9.17, 15) is 4.79 Å². The molecule has 5 nitrogen and oxygen atoms in total. The Morgan fingerprint density at radius 2 is 1.69 bits per heavy atom. The number of piperazine rings is 1. The highest BCUT2D eigenvalue weighted by atomic mass is 16.5. The highest BCUT2D eigenvalue weighted by Crippen LogP contribution is 2.18. The minimum absolute atomic E-state index is 0.157. The molecular weight excluding hydrogens is 362 g/mol. The summed E-state index contributed by atoms with van der Waals surface area (Å²) in [7, 11) is 1.74. The summed E-state index contributed by atoms with van der Waals surface area (Å²) in [6.45, 7) is 12.0. The third-order valence-electron chi connectivity index (χ3n) is 5.76. The molecule has 0 aromatic heterocycles. The molecule has 0 spiro atoms. The number of hydrogen-bond donors (Lipinski definition) is 2. The summed E-state index contributed by atoms with van der Waals surface area (Å²) in [6.07, 6.45) is 0. The molecule has 0 atom stereocenters. The van der Waals surface area contributed by atoms with Gasteiger partial charge in [-0.3, -0.25) is 4.79 Å². The van der Waals surface area contributed by atoms with Gasteiger partial charge in [-0.1, -0.05) is 29.8 Å². The molecule has 0 aliphatic carbocycles. The maximum absolute atomic E-state index is 13.0. The highest BCUT2D eigenvalue weighted by molar-refractivity contribution is 5.94. The van der Waals surface area contributed by atoms with Crippen molar-refractivity contribution >= 4 is 11.6 Å². The smallest absolute Gasteiger partial charge is 0.282 e. The number of anilines is 1. The van der Waals surface area contributed by atoms with Gasteiger partial charge in [0.25, 0.3) is 5.91 Å². The molecule has 2 aromatic rings. The van der Waals surface area contributed by atoms with Crippen molar-refractivity contribution in [2.45, 2.75) is 33.4 Å². The van der Waals surface area contributed by atoms with E-state index in [-0.39, 0.29) is 11.9 Å². The minimum atomic E-state index is 0.157. The number of methoxy groups -OCH3 is 1. The Labute approximate surface area is 174 Å². The minimum Gasteiger partial charge on any atom is -0.496 e. The van der Waals surface area contributed by atoms with Gasteiger partial charge in [0.15, 0.2) is 6.54 Å². The number of carbonyl (C=O) groups excluding carboxylic acids is 1. The van der Waals surface area contributed by atoms with Gasteiger partial charge >= 0.3 is 0 Å². The number of nitrogens with one attached hydrogen (secondary N) is 2. The van der Waals surface area contributed by atoms with Crippen molar-refractivity contribution in [1.82, 2.24) is 0 Å². The van der Waals surface area contributed by atoms with Crippen molar-refractivity contribution in [3.8, 4) is 5.75 Å². The van der Waals surface area contributed by atoms with Crippen molar-refractivity contribution in [2.75, 3.05) is 44.7 Å². The average molecular weight is 398 g/mol. The third-order valence-corrected chi connectivity index (χ3v) is 5.76. The van der Waals surface area contributed by atoms with E-state index in [0.29, 0.717) is 6.54 Å². The van der Waals surface area contributed by atoms with Gasteiger partial charge in [0, 0.05) is 17.3 Å². The number of carbonyl (C=O) groups is 1. The molecule has 1 saturated heterocycles. The predicted octanol–water partition coefficient (Wildman–Crippen LogP) is 0.729. The molecule has 1 heterocycles. The normalized spacial score (nSPS) is 19.2. The molecule has 2 N–H and O–H groups in total. The largest absolute Gasteiger partial charge is 0.496 e. The number of aryl methyl sites for hydroxylation is 1. The number of benzene rings is 2. The van der Waals surface area contributed by atoms with Crippen LogP contribution >= 0.6 is 0 Å². The molecule has 0 unspecified atom stereocenters. The first-order chi connectivity index (χ1) is 14.0. The Morgan fingerprint density at radius 3 is 2.31 bits per heavy atom. The standard InChI is InChI=1S/C24H33N3O2/c1-19(2)27(22-8-6-5-7-9-22)24(28)18-26-14-12-25(13-15-26)17-21-16-20(3)10-11-23(21)29-4/h5-11,16,19H,12-15,17-18H2,1-4H3/p+2. The van der Waals surface area contributed by atoms with Gasteiger partial charge in [-0.25, -0.2) is 0 Å². The van der Waals surface area contributed by atoms with Crippen LogP contribution in [0.2, 0.25) is 0 Å². The van der Waals surface area contributed by atoms with Crippen LogP contribution in [0.1, 0.15) is 25.0 Å². The number of rotatable bonds is 7. The molecule has 3 rings (SSSR count). The zero-order chi connectivity index (χ0) is 20.8. The van der Waals surface area contributed by atoms with E-state index in [1.165, 1.54) is 16.0 Å². The molecule has 29 heavy (non-hydrogen) atoms. The summed E-state index contributed by atoms with van der Waals surface area (Å²) in [4.78, 5) is 17.9. The second kappa shape index (κ2) is 9.90. The topological polar surface area (TPSA) is 38.4 Å². The fourth-order valence-electron chi connectivity index (χ4n) is 4.24. The van der Waals surface area contributed by atoms with Crippen LogP contribution in [0.5, 0.6) is 5.75 Å². The summed E-state index contributed by atoms with van der Waals surface area (Å²) in [5, 5.41) is 0. The van der Waals surface area contributed by atoms with Gasteiger partial charge in [0.05, 0.1) is 7.11 Å². The van der Waals surface area contributed by atoms with E-state index in [2.05, 4.69) is 39.0 Å². The predicted molar refractivity (Wildman–Crippen MR) is 117 cm³/mol. The Bertz CT molecular complexity index is 799. The maximum Gasteiger partial charge on any atom is 0.282 e. The van der Waals surface area contributed by atoms with Crippen LogP contribution in [0.4, 0.5) is 5.69 Å². The molecule has 2 aromatic carbocycles. The van der Waals surface area contributed by atoms with Gasteiger partial charge in [-0.15, -0.1) is 0 Å². The number of quaternary nitrogens is 2. The number of ether oxygens (including phenoxy) is 1. The van der Waals surface area contributed by atoms with Gasteiger partial charge in [-0.05, 0) is 45.0 Å². The first kappa shape index (κ1) is 21.3. The molecule has 1 aliphatic heterocycles. The van der Waals surface area contributed by atoms with E-state index < -0.39 is 0 Å². The monoisotopic (exact) mass is 397 g/mol. The highest BCUT2D eigenvalue weighted by Gasteiger charge is 2.28. The second-order valence-electron chi connectivity index (χ2n) is 8.36. The lowest BCUT2D eigenvalue weighted by Gasteiger charge is -2.32. The fourth-order valence-corrected chi connectivity index (χ4v) is 4.24. The first-order valence-electron chi connectivity index (χ1n) is 10.7. The molecule has 1 aliphatic rings. The Morgan fingerprint density at radius 1 is 1.03 bits per heavy atom. The summed E-state index contributed by atoms with van der Waals surface area (Å²) < 4.78 is 5.54. The Kier molecular flexibility index (Phi) is 7.29. The van der Waals surface area contributed by atoms with E-state index in [1.807, 2.05) is 35.2 Å². The fraction of sp³-hybridized carbons (Fsp3) is 0.458. The molecule has 0 bridgehead atoms. The SMILES string of the molecule is COc1ccc(C)cc1C[NH+]1CC[NH+](CC(=O)N(c2ccccc2)C(C)C)CC1. The van der Waals surface area contributed by atoms with Crippen LogP contribution in [0.3, 0.4) is 0 Å². The van der Waals surface area contributed by atoms with E-state index in [4.69, 9.17) is 4.74 Å². The van der Waals surface area contributed by atoms with Crippen molar-refractivity contribution in [3.05, 3.63) is 59.7 Å². The molecule has 5 heteroatoms.